The van der Waals surface area contributed by atoms with Crippen molar-refractivity contribution in [2.24, 2.45) is 0 Å². The Hall–Kier alpha value is -3.67. The van der Waals surface area contributed by atoms with Gasteiger partial charge >= 0.3 is 65.3 Å². The Labute approximate surface area is 362 Å². The van der Waals surface area contributed by atoms with E-state index in [1.165, 1.54) is 23.3 Å². The summed E-state index contributed by atoms with van der Waals surface area (Å²) in [6, 6.07) is 22.2. The molecule has 0 atom stereocenters. The third-order valence-corrected chi connectivity index (χ3v) is 10.4. The second kappa shape index (κ2) is 19.3. The van der Waals surface area contributed by atoms with E-state index in [2.05, 4.69) is 43.5 Å². The fourth-order valence-electron chi connectivity index (χ4n) is 6.38. The number of carboxylic acids is 1. The Kier molecular flexibility index (Phi) is 16.6. The third-order valence-electron chi connectivity index (χ3n) is 9.54. The van der Waals surface area contributed by atoms with E-state index in [1.807, 2.05) is 46.8 Å². The van der Waals surface area contributed by atoms with Crippen molar-refractivity contribution in [2.45, 2.75) is 67.2 Å². The molecule has 0 bridgehead atoms. The molecule has 0 aliphatic heterocycles. The van der Waals surface area contributed by atoms with Gasteiger partial charge in [0, 0.05) is 34.5 Å². The van der Waals surface area contributed by atoms with Gasteiger partial charge in [0.25, 0.3) is 0 Å². The molecule has 2 N–H and O–H groups in total. The smallest absolute Gasteiger partial charge is 0.739 e. The van der Waals surface area contributed by atoms with Gasteiger partial charge in [0.1, 0.15) is 15.0 Å². The molecule has 0 saturated carbocycles. The molecule has 5 aromatic carbocycles. The third kappa shape index (κ3) is 10.3. The summed E-state index contributed by atoms with van der Waals surface area (Å²) in [7, 11) is -4.91. The minimum atomic E-state index is -4.91. The number of carbonyl (C=O) groups excluding carboxylic acids is 3. The molecular weight excluding hydrogens is 723 g/mol. The normalized spacial score (nSPS) is 10.5. The van der Waals surface area contributed by atoms with Crippen LogP contribution >= 0.6 is 0 Å². The molecule has 0 aliphatic rings. The summed E-state index contributed by atoms with van der Waals surface area (Å²) in [4.78, 5) is 28.5. The summed E-state index contributed by atoms with van der Waals surface area (Å²) in [6.07, 6.45) is 0.250. The molecule has 5 aromatic rings. The predicted molar refractivity (Wildman–Crippen MR) is 198 cm³/mol. The van der Waals surface area contributed by atoms with Gasteiger partial charge in [-0.2, -0.15) is 9.59 Å². The molecule has 0 radical (unpaired) electrons. The maximum atomic E-state index is 12.6. The number of carbonyl (C=O) groups is 1. The molecule has 268 valence electrons. The van der Waals surface area contributed by atoms with E-state index in [-0.39, 0.29) is 76.4 Å². The zero-order valence-corrected chi connectivity index (χ0v) is 37.4. The van der Waals surface area contributed by atoms with Crippen molar-refractivity contribution in [1.82, 2.24) is 0 Å². The average molecular weight is 763 g/mol. The van der Waals surface area contributed by atoms with Crippen molar-refractivity contribution in [1.29, 1.82) is 0 Å². The molecule has 0 aliphatic carbocycles. The molecule has 0 heterocycles. The molecule has 0 fully saturated rings. The topological polar surface area (TPSA) is 156 Å². The van der Waals surface area contributed by atoms with E-state index >= 15 is 0 Å². The van der Waals surface area contributed by atoms with Crippen molar-refractivity contribution >= 4 is 45.0 Å². The van der Waals surface area contributed by atoms with Crippen LogP contribution in [0.5, 0.6) is 0 Å². The summed E-state index contributed by atoms with van der Waals surface area (Å²) in [6.45, 7) is 18.0. The molecule has 0 saturated heterocycles. The van der Waals surface area contributed by atoms with Crippen molar-refractivity contribution in [3.8, 4) is 0 Å². The van der Waals surface area contributed by atoms with E-state index < -0.39 is 21.0 Å². The zero-order valence-electron chi connectivity index (χ0n) is 32.6. The van der Waals surface area contributed by atoms with Crippen LogP contribution in [0.25, 0.3) is 0 Å². The molecule has 0 unspecified atom stereocenters. The minimum absolute atomic E-state index is 0. The molecule has 5 rings (SSSR count). The van der Waals surface area contributed by atoms with Crippen molar-refractivity contribution in [3.63, 3.8) is 0 Å². The number of nitrogens with one attached hydrogen (secondary N) is 2. The fraction of sp³-hybridized carbons (Fsp3) is 0.214. The van der Waals surface area contributed by atoms with Gasteiger partial charge in [-0.3, -0.25) is 0 Å². The van der Waals surface area contributed by atoms with E-state index in [4.69, 9.17) is 9.59 Å². The maximum absolute atomic E-state index is 12.6. The number of rotatable bonds is 9. The Morgan fingerprint density at radius 1 is 0.685 bits per heavy atom. The van der Waals surface area contributed by atoms with Gasteiger partial charge in [-0.1, -0.05) is 23.4 Å². The maximum Gasteiger partial charge on any atom is 1.00 e. The molecule has 0 spiro atoms. The molecule has 0 amide bonds. The van der Waals surface area contributed by atoms with Crippen molar-refractivity contribution in [2.75, 3.05) is 10.6 Å². The van der Waals surface area contributed by atoms with Gasteiger partial charge in [0.15, 0.2) is 0 Å². The van der Waals surface area contributed by atoms with Gasteiger partial charge in [-0.05, 0) is 143 Å². The average Bonchev–Trinajstić information content (AvgIpc) is 3.08. The van der Waals surface area contributed by atoms with Crippen molar-refractivity contribution < 1.29 is 91.6 Å². The number of hydrogen-bond donors (Lipinski definition) is 2. The SMILES string of the molecule is Cc1ccc([C+](c2c[c-]c(Nc3c(C)cc(C)c(C)c3C)cc2)c2ccc(Nc3c(C)cc(C)c(C)c3C)c(C(=O)[O-])c2)c(S(=O)(=O)[O-])c1.O=C=O.[Na+].[Na+]. The van der Waals surface area contributed by atoms with Crippen LogP contribution in [0.3, 0.4) is 0 Å². The van der Waals surface area contributed by atoms with Crippen LogP contribution in [0.2, 0.25) is 0 Å². The number of benzene rings is 5. The van der Waals surface area contributed by atoms with E-state index in [9.17, 15) is 22.9 Å². The number of aryl methyl sites for hydroxylation is 5. The van der Waals surface area contributed by atoms with Crippen LogP contribution in [-0.2, 0) is 19.7 Å². The van der Waals surface area contributed by atoms with Crippen LogP contribution in [0.1, 0.15) is 77.1 Å². The Bertz CT molecular complexity index is 2340. The first-order valence-electron chi connectivity index (χ1n) is 16.4. The monoisotopic (exact) mass is 762 g/mol. The molecular formula is C42H40N2Na2O7S. The second-order valence-electron chi connectivity index (χ2n) is 13.0. The van der Waals surface area contributed by atoms with Crippen LogP contribution < -0.4 is 74.9 Å². The standard InChI is InChI=1S/C41H42N2O5S.CO2.2Na/c1-22-10-16-34(37(18-22)49(46,47)48)38(31-11-14-33(15-12-31)42-39-25(4)19-23(2)27(6)29(39)8)32-13-17-36(35(21-32)41(44)45)43-40-26(5)20-24(3)28(7)30(40)9;2-1-3;;/h10-14,16-21,42-43H,1-9H3,(H,44,45)(H,46,47,48);;;/q;;2*+1/p-2. The summed E-state index contributed by atoms with van der Waals surface area (Å²) < 4.78 is 37.8. The van der Waals surface area contributed by atoms with E-state index in [0.29, 0.717) is 34.0 Å². The second-order valence-corrected chi connectivity index (χ2v) is 14.3. The zero-order chi connectivity index (χ0) is 38.7. The number of aromatic carboxylic acids is 1. The van der Waals surface area contributed by atoms with Gasteiger partial charge < -0.3 is 25.1 Å². The first kappa shape index (κ1) is 46.5. The van der Waals surface area contributed by atoms with Crippen molar-refractivity contribution in [3.05, 3.63) is 151 Å². The predicted octanol–water partition coefficient (Wildman–Crippen LogP) is 1.46. The largest absolute Gasteiger partial charge is 1.00 e. The number of carboxylic acid groups (broad SMARTS) is 1. The molecule has 9 nitrogen and oxygen atoms in total. The van der Waals surface area contributed by atoms with Crippen LogP contribution in [0.4, 0.5) is 22.7 Å². The van der Waals surface area contributed by atoms with Gasteiger partial charge in [-0.15, -0.1) is 24.3 Å². The summed E-state index contributed by atoms with van der Waals surface area (Å²) in [5.41, 5.74) is 13.1. The quantitative estimate of drug-likeness (QED) is 0.0984. The number of anilines is 4. The summed E-state index contributed by atoms with van der Waals surface area (Å²) in [5, 5.41) is 19.4. The summed E-state index contributed by atoms with van der Waals surface area (Å²) in [5.74, 6) is -1.04. The van der Waals surface area contributed by atoms with Gasteiger partial charge in [0.2, 0.25) is 0 Å². The van der Waals surface area contributed by atoms with Crippen LogP contribution in [0, 0.1) is 74.3 Å². The van der Waals surface area contributed by atoms with Gasteiger partial charge in [0.05, 0.1) is 17.2 Å². The fourth-order valence-corrected chi connectivity index (χ4v) is 7.15. The Morgan fingerprint density at radius 2 is 1.20 bits per heavy atom. The Balaban J connectivity index is 0.00000195. The molecule has 12 heteroatoms. The number of hydrogen-bond acceptors (Lipinski definition) is 9. The Morgan fingerprint density at radius 3 is 1.69 bits per heavy atom. The molecule has 0 aromatic heterocycles. The van der Waals surface area contributed by atoms with Crippen LogP contribution in [-0.4, -0.2) is 25.1 Å². The van der Waals surface area contributed by atoms with E-state index in [0.717, 1.165) is 44.8 Å². The minimum Gasteiger partial charge on any atom is -0.739 e. The first-order chi connectivity index (χ1) is 24.4. The summed E-state index contributed by atoms with van der Waals surface area (Å²) >= 11 is 0. The van der Waals surface area contributed by atoms with Crippen LogP contribution in [0.15, 0.2) is 71.6 Å². The first-order valence-corrected chi connectivity index (χ1v) is 17.8. The van der Waals surface area contributed by atoms with E-state index in [1.54, 1.807) is 43.3 Å². The van der Waals surface area contributed by atoms with Gasteiger partial charge in [-0.25, -0.2) is 8.42 Å². The molecule has 54 heavy (non-hydrogen) atoms.